The molecule has 3 N–H and O–H groups in total. The lowest BCUT2D eigenvalue weighted by atomic mass is 10.1. The number of likely N-dealkylation sites (tertiary alicyclic amines) is 1. The standard InChI is InChI=1S/C13H25N3O3/c1-11(4-5-12(17)18)10-15-13(19)14-6-9-16-7-2-3-8-16/h11H,2-10H2,1H3,(H,17,18)(H2,14,15,19). The zero-order valence-corrected chi connectivity index (χ0v) is 11.7. The van der Waals surface area contributed by atoms with Gasteiger partial charge in [0.2, 0.25) is 0 Å². The largest absolute Gasteiger partial charge is 0.481 e. The van der Waals surface area contributed by atoms with Gasteiger partial charge in [-0.25, -0.2) is 4.79 Å². The summed E-state index contributed by atoms with van der Waals surface area (Å²) in [5.74, 6) is -0.609. The van der Waals surface area contributed by atoms with Crippen molar-refractivity contribution in [1.82, 2.24) is 15.5 Å². The summed E-state index contributed by atoms with van der Waals surface area (Å²) in [6.07, 6.45) is 3.25. The predicted molar refractivity (Wildman–Crippen MR) is 73.1 cm³/mol. The molecule has 19 heavy (non-hydrogen) atoms. The SMILES string of the molecule is CC(CCC(=O)O)CNC(=O)NCCN1CCCC1. The van der Waals surface area contributed by atoms with Gasteiger partial charge in [-0.05, 0) is 38.3 Å². The minimum atomic E-state index is -0.790. The van der Waals surface area contributed by atoms with Crippen LogP contribution in [-0.2, 0) is 4.79 Å². The quantitative estimate of drug-likeness (QED) is 0.612. The summed E-state index contributed by atoms with van der Waals surface area (Å²) in [6.45, 7) is 6.29. The molecule has 0 aromatic heterocycles. The number of aliphatic carboxylic acids is 1. The van der Waals surface area contributed by atoms with Gasteiger partial charge in [-0.1, -0.05) is 6.92 Å². The Morgan fingerprint density at radius 2 is 1.95 bits per heavy atom. The Balaban J connectivity index is 1.98. The van der Waals surface area contributed by atoms with Crippen LogP contribution in [0.4, 0.5) is 4.79 Å². The molecule has 0 aromatic carbocycles. The third-order valence-corrected chi connectivity index (χ3v) is 3.37. The van der Waals surface area contributed by atoms with Gasteiger partial charge in [-0.2, -0.15) is 0 Å². The molecular weight excluding hydrogens is 246 g/mol. The minimum absolute atomic E-state index is 0.152. The second-order valence-electron chi connectivity index (χ2n) is 5.22. The number of amides is 2. The van der Waals surface area contributed by atoms with Crippen LogP contribution in [0.5, 0.6) is 0 Å². The Hall–Kier alpha value is -1.30. The van der Waals surface area contributed by atoms with Crippen molar-refractivity contribution in [3.63, 3.8) is 0 Å². The van der Waals surface area contributed by atoms with E-state index in [1.165, 1.54) is 12.8 Å². The molecule has 110 valence electrons. The molecule has 0 aromatic rings. The molecule has 6 nitrogen and oxygen atoms in total. The van der Waals surface area contributed by atoms with Gasteiger partial charge in [0.25, 0.3) is 0 Å². The first kappa shape index (κ1) is 15.8. The molecule has 0 bridgehead atoms. The molecule has 0 saturated carbocycles. The first-order valence-electron chi connectivity index (χ1n) is 7.04. The molecule has 1 atom stereocenters. The molecule has 1 fully saturated rings. The topological polar surface area (TPSA) is 81.7 Å². The van der Waals surface area contributed by atoms with Crippen LogP contribution in [0.3, 0.4) is 0 Å². The fraction of sp³-hybridized carbons (Fsp3) is 0.846. The number of hydrogen-bond donors (Lipinski definition) is 3. The third-order valence-electron chi connectivity index (χ3n) is 3.37. The average molecular weight is 271 g/mol. The first-order chi connectivity index (χ1) is 9.08. The lowest BCUT2D eigenvalue weighted by Crippen LogP contribution is -2.41. The number of rotatable bonds is 8. The Labute approximate surface area is 114 Å². The predicted octanol–water partition coefficient (Wildman–Crippen LogP) is 0.882. The molecule has 1 saturated heterocycles. The fourth-order valence-corrected chi connectivity index (χ4v) is 2.14. The van der Waals surface area contributed by atoms with Crippen molar-refractivity contribution in [2.45, 2.75) is 32.6 Å². The number of nitrogens with zero attached hydrogens (tertiary/aromatic N) is 1. The third kappa shape index (κ3) is 7.66. The van der Waals surface area contributed by atoms with Crippen LogP contribution in [0.25, 0.3) is 0 Å². The van der Waals surface area contributed by atoms with Gasteiger partial charge >= 0.3 is 12.0 Å². The van der Waals surface area contributed by atoms with Gasteiger partial charge in [0.05, 0.1) is 0 Å². The molecule has 1 unspecified atom stereocenters. The minimum Gasteiger partial charge on any atom is -0.481 e. The smallest absolute Gasteiger partial charge is 0.314 e. The van der Waals surface area contributed by atoms with Crippen LogP contribution in [0.2, 0.25) is 0 Å². The van der Waals surface area contributed by atoms with Crippen molar-refractivity contribution in [1.29, 1.82) is 0 Å². The maximum absolute atomic E-state index is 11.5. The molecule has 1 rings (SSSR count). The van der Waals surface area contributed by atoms with Crippen molar-refractivity contribution >= 4 is 12.0 Å². The second-order valence-corrected chi connectivity index (χ2v) is 5.22. The molecule has 1 aliphatic rings. The highest BCUT2D eigenvalue weighted by Gasteiger charge is 2.11. The van der Waals surface area contributed by atoms with E-state index in [-0.39, 0.29) is 18.4 Å². The zero-order chi connectivity index (χ0) is 14.1. The Bertz CT molecular complexity index is 291. The van der Waals surface area contributed by atoms with Gasteiger partial charge in [0.1, 0.15) is 0 Å². The van der Waals surface area contributed by atoms with E-state index in [2.05, 4.69) is 15.5 Å². The molecule has 0 aliphatic carbocycles. The van der Waals surface area contributed by atoms with Gasteiger partial charge in [0.15, 0.2) is 0 Å². The fourth-order valence-electron chi connectivity index (χ4n) is 2.14. The molecule has 1 aliphatic heterocycles. The number of hydrogen-bond acceptors (Lipinski definition) is 3. The van der Waals surface area contributed by atoms with Crippen LogP contribution in [-0.4, -0.2) is 54.7 Å². The first-order valence-corrected chi connectivity index (χ1v) is 7.04. The van der Waals surface area contributed by atoms with Gasteiger partial charge < -0.3 is 20.6 Å². The summed E-state index contributed by atoms with van der Waals surface area (Å²) in [5.41, 5.74) is 0. The van der Waals surface area contributed by atoms with Gasteiger partial charge in [-0.15, -0.1) is 0 Å². The normalized spacial score (nSPS) is 17.1. The van der Waals surface area contributed by atoms with Crippen LogP contribution >= 0.6 is 0 Å². The van der Waals surface area contributed by atoms with E-state index >= 15 is 0 Å². The van der Waals surface area contributed by atoms with Crippen LogP contribution < -0.4 is 10.6 Å². The maximum atomic E-state index is 11.5. The van der Waals surface area contributed by atoms with Crippen molar-refractivity contribution < 1.29 is 14.7 Å². The Kier molecular flexibility index (Phi) is 7.25. The lowest BCUT2D eigenvalue weighted by molar-refractivity contribution is -0.137. The van der Waals surface area contributed by atoms with E-state index in [1.807, 2.05) is 6.92 Å². The Morgan fingerprint density at radius 1 is 1.26 bits per heavy atom. The number of carboxylic acid groups (broad SMARTS) is 1. The van der Waals surface area contributed by atoms with E-state index in [4.69, 9.17) is 5.11 Å². The summed E-state index contributed by atoms with van der Waals surface area (Å²) in [4.78, 5) is 24.3. The van der Waals surface area contributed by atoms with E-state index in [1.54, 1.807) is 0 Å². The second kappa shape index (κ2) is 8.74. The summed E-state index contributed by atoms with van der Waals surface area (Å²) in [5, 5.41) is 14.1. The number of carbonyl (C=O) groups excluding carboxylic acids is 1. The summed E-state index contributed by atoms with van der Waals surface area (Å²) < 4.78 is 0. The van der Waals surface area contributed by atoms with Crippen LogP contribution in [0.15, 0.2) is 0 Å². The average Bonchev–Trinajstić information content (AvgIpc) is 2.87. The van der Waals surface area contributed by atoms with E-state index in [0.29, 0.717) is 19.5 Å². The van der Waals surface area contributed by atoms with Gasteiger partial charge in [0, 0.05) is 26.1 Å². The zero-order valence-electron chi connectivity index (χ0n) is 11.7. The number of carboxylic acids is 1. The number of urea groups is 1. The number of nitrogens with one attached hydrogen (secondary N) is 2. The van der Waals surface area contributed by atoms with E-state index in [0.717, 1.165) is 19.6 Å². The summed E-state index contributed by atoms with van der Waals surface area (Å²) >= 11 is 0. The molecule has 1 heterocycles. The maximum Gasteiger partial charge on any atom is 0.314 e. The van der Waals surface area contributed by atoms with Gasteiger partial charge in [-0.3, -0.25) is 4.79 Å². The number of carbonyl (C=O) groups is 2. The van der Waals surface area contributed by atoms with Crippen molar-refractivity contribution in [2.75, 3.05) is 32.7 Å². The van der Waals surface area contributed by atoms with E-state index < -0.39 is 5.97 Å². The summed E-state index contributed by atoms with van der Waals surface area (Å²) in [7, 11) is 0. The summed E-state index contributed by atoms with van der Waals surface area (Å²) in [6, 6.07) is -0.165. The molecule has 6 heteroatoms. The van der Waals surface area contributed by atoms with Crippen molar-refractivity contribution in [2.24, 2.45) is 5.92 Å². The Morgan fingerprint density at radius 3 is 2.58 bits per heavy atom. The molecule has 2 amide bonds. The highest BCUT2D eigenvalue weighted by atomic mass is 16.4. The van der Waals surface area contributed by atoms with Crippen molar-refractivity contribution in [3.8, 4) is 0 Å². The molecule has 0 spiro atoms. The van der Waals surface area contributed by atoms with Crippen molar-refractivity contribution in [3.05, 3.63) is 0 Å². The monoisotopic (exact) mass is 271 g/mol. The van der Waals surface area contributed by atoms with Crippen LogP contribution in [0, 0.1) is 5.92 Å². The molecule has 0 radical (unpaired) electrons. The molecular formula is C13H25N3O3. The lowest BCUT2D eigenvalue weighted by Gasteiger charge is -2.16. The van der Waals surface area contributed by atoms with E-state index in [9.17, 15) is 9.59 Å². The highest BCUT2D eigenvalue weighted by Crippen LogP contribution is 2.05. The van der Waals surface area contributed by atoms with Crippen LogP contribution in [0.1, 0.15) is 32.6 Å². The highest BCUT2D eigenvalue weighted by molar-refractivity contribution is 5.73.